The van der Waals surface area contributed by atoms with Crippen LogP contribution in [0, 0.1) is 5.92 Å². The largest absolute Gasteiger partial charge is 0.477 e. The molecule has 1 N–H and O–H groups in total. The highest BCUT2D eigenvalue weighted by molar-refractivity contribution is 5.99. The zero-order valence-electron chi connectivity index (χ0n) is 12.1. The summed E-state index contributed by atoms with van der Waals surface area (Å²) in [5.74, 6) is 0.755. The number of para-hydroxylation sites is 2. The molecule has 108 valence electrons. The Morgan fingerprint density at radius 2 is 2.10 bits per heavy atom. The maximum atomic E-state index is 12.2. The Labute approximate surface area is 118 Å². The molecular weight excluding hydrogens is 256 g/mol. The molecule has 20 heavy (non-hydrogen) atoms. The molecule has 1 heterocycles. The van der Waals surface area contributed by atoms with Crippen molar-refractivity contribution in [1.82, 2.24) is 5.32 Å². The van der Waals surface area contributed by atoms with Crippen molar-refractivity contribution in [2.75, 3.05) is 18.5 Å². The van der Waals surface area contributed by atoms with E-state index in [1.54, 1.807) is 11.9 Å². The first-order chi connectivity index (χ1) is 9.49. The van der Waals surface area contributed by atoms with Crippen LogP contribution in [-0.2, 0) is 9.59 Å². The van der Waals surface area contributed by atoms with Crippen molar-refractivity contribution in [2.24, 2.45) is 5.92 Å². The molecule has 5 nitrogen and oxygen atoms in total. The van der Waals surface area contributed by atoms with Crippen LogP contribution in [0.15, 0.2) is 24.3 Å². The molecule has 1 aromatic carbocycles. The van der Waals surface area contributed by atoms with Gasteiger partial charge in [0.2, 0.25) is 5.91 Å². The highest BCUT2D eigenvalue weighted by Gasteiger charge is 2.32. The van der Waals surface area contributed by atoms with E-state index in [4.69, 9.17) is 4.74 Å². The lowest BCUT2D eigenvalue weighted by molar-refractivity contribution is -0.127. The van der Waals surface area contributed by atoms with Gasteiger partial charge >= 0.3 is 0 Å². The second-order valence-corrected chi connectivity index (χ2v) is 5.37. The summed E-state index contributed by atoms with van der Waals surface area (Å²) in [4.78, 5) is 25.4. The van der Waals surface area contributed by atoms with Crippen LogP contribution in [0.1, 0.15) is 20.3 Å². The minimum absolute atomic E-state index is 0.0575. The van der Waals surface area contributed by atoms with Crippen LogP contribution in [-0.4, -0.2) is 31.5 Å². The van der Waals surface area contributed by atoms with Crippen molar-refractivity contribution in [3.05, 3.63) is 24.3 Å². The molecule has 5 heteroatoms. The van der Waals surface area contributed by atoms with E-state index >= 15 is 0 Å². The molecule has 2 amide bonds. The SMILES string of the molecule is CC(C)CC(=O)NCC1Oc2ccccc2N(C)C1=O. The summed E-state index contributed by atoms with van der Waals surface area (Å²) < 4.78 is 5.66. The molecule has 0 fully saturated rings. The van der Waals surface area contributed by atoms with Gasteiger partial charge in [-0.2, -0.15) is 0 Å². The molecular formula is C15H20N2O3. The number of rotatable bonds is 4. The summed E-state index contributed by atoms with van der Waals surface area (Å²) in [7, 11) is 1.71. The predicted octanol–water partition coefficient (Wildman–Crippen LogP) is 1.57. The minimum Gasteiger partial charge on any atom is -0.477 e. The van der Waals surface area contributed by atoms with Gasteiger partial charge in [0, 0.05) is 13.5 Å². The third-order valence-electron chi connectivity index (χ3n) is 3.18. The molecule has 1 aromatic rings. The van der Waals surface area contributed by atoms with E-state index in [0.29, 0.717) is 18.1 Å². The van der Waals surface area contributed by atoms with Gasteiger partial charge in [-0.05, 0) is 18.1 Å². The molecule has 1 aliphatic rings. The summed E-state index contributed by atoms with van der Waals surface area (Å²) in [6.45, 7) is 4.15. The number of carbonyl (C=O) groups is 2. The normalized spacial score (nSPS) is 17.7. The van der Waals surface area contributed by atoms with E-state index in [2.05, 4.69) is 5.32 Å². The highest BCUT2D eigenvalue weighted by Crippen LogP contribution is 2.32. The Morgan fingerprint density at radius 1 is 1.40 bits per heavy atom. The van der Waals surface area contributed by atoms with Crippen LogP contribution < -0.4 is 15.0 Å². The van der Waals surface area contributed by atoms with Crippen molar-refractivity contribution in [3.8, 4) is 5.75 Å². The first kappa shape index (κ1) is 14.4. The fourth-order valence-electron chi connectivity index (χ4n) is 2.15. The number of carbonyl (C=O) groups excluding carboxylic acids is 2. The lowest BCUT2D eigenvalue weighted by Crippen LogP contribution is -2.49. The van der Waals surface area contributed by atoms with Crippen LogP contribution in [0.25, 0.3) is 0 Å². The van der Waals surface area contributed by atoms with Crippen LogP contribution in [0.4, 0.5) is 5.69 Å². The lowest BCUT2D eigenvalue weighted by atomic mass is 10.1. The smallest absolute Gasteiger partial charge is 0.269 e. The number of benzene rings is 1. The number of hydrogen-bond donors (Lipinski definition) is 1. The van der Waals surface area contributed by atoms with Crippen molar-refractivity contribution < 1.29 is 14.3 Å². The number of anilines is 1. The molecule has 0 saturated carbocycles. The molecule has 0 aromatic heterocycles. The van der Waals surface area contributed by atoms with Crippen molar-refractivity contribution in [3.63, 3.8) is 0 Å². The zero-order valence-corrected chi connectivity index (χ0v) is 12.1. The van der Waals surface area contributed by atoms with Gasteiger partial charge in [-0.15, -0.1) is 0 Å². The number of amides is 2. The zero-order chi connectivity index (χ0) is 14.7. The maximum Gasteiger partial charge on any atom is 0.269 e. The number of likely N-dealkylation sites (N-methyl/N-ethyl adjacent to an activating group) is 1. The summed E-state index contributed by atoms with van der Waals surface area (Å²) in [6, 6.07) is 7.37. The van der Waals surface area contributed by atoms with Crippen LogP contribution in [0.5, 0.6) is 5.75 Å². The summed E-state index contributed by atoms with van der Waals surface area (Å²) in [5, 5.41) is 2.75. The minimum atomic E-state index is -0.661. The molecule has 1 atom stereocenters. The van der Waals surface area contributed by atoms with E-state index in [9.17, 15) is 9.59 Å². The number of fused-ring (bicyclic) bond motifs is 1. The molecule has 2 rings (SSSR count). The topological polar surface area (TPSA) is 58.6 Å². The van der Waals surface area contributed by atoms with E-state index in [1.807, 2.05) is 38.1 Å². The fourth-order valence-corrected chi connectivity index (χ4v) is 2.15. The monoisotopic (exact) mass is 276 g/mol. The lowest BCUT2D eigenvalue weighted by Gasteiger charge is -2.31. The maximum absolute atomic E-state index is 12.2. The van der Waals surface area contributed by atoms with E-state index in [-0.39, 0.29) is 18.4 Å². The summed E-state index contributed by atoms with van der Waals surface area (Å²) in [6.07, 6.45) is -0.209. The van der Waals surface area contributed by atoms with Crippen LogP contribution >= 0.6 is 0 Å². The van der Waals surface area contributed by atoms with Gasteiger partial charge in [0.05, 0.1) is 12.2 Å². The first-order valence-electron chi connectivity index (χ1n) is 6.79. The molecule has 1 unspecified atom stereocenters. The van der Waals surface area contributed by atoms with Crippen LogP contribution in [0.3, 0.4) is 0 Å². The van der Waals surface area contributed by atoms with Crippen molar-refractivity contribution in [1.29, 1.82) is 0 Å². The van der Waals surface area contributed by atoms with Gasteiger partial charge in [-0.1, -0.05) is 26.0 Å². The number of hydrogen-bond acceptors (Lipinski definition) is 3. The third kappa shape index (κ3) is 3.10. The molecule has 0 radical (unpaired) electrons. The second kappa shape index (κ2) is 5.94. The third-order valence-corrected chi connectivity index (χ3v) is 3.18. The average molecular weight is 276 g/mol. The molecule has 0 saturated heterocycles. The quantitative estimate of drug-likeness (QED) is 0.908. The average Bonchev–Trinajstić information content (AvgIpc) is 2.40. The van der Waals surface area contributed by atoms with E-state index in [1.165, 1.54) is 0 Å². The Hall–Kier alpha value is -2.04. The van der Waals surface area contributed by atoms with Crippen molar-refractivity contribution in [2.45, 2.75) is 26.4 Å². The van der Waals surface area contributed by atoms with Crippen molar-refractivity contribution >= 4 is 17.5 Å². The second-order valence-electron chi connectivity index (χ2n) is 5.37. The fraction of sp³-hybridized carbons (Fsp3) is 0.467. The predicted molar refractivity (Wildman–Crippen MR) is 76.7 cm³/mol. The molecule has 1 aliphatic heterocycles. The Balaban J connectivity index is 2.01. The van der Waals surface area contributed by atoms with Gasteiger partial charge in [0.25, 0.3) is 5.91 Å². The number of nitrogens with zero attached hydrogens (tertiary/aromatic N) is 1. The number of ether oxygens (including phenoxy) is 1. The number of nitrogens with one attached hydrogen (secondary N) is 1. The Bertz CT molecular complexity index is 514. The van der Waals surface area contributed by atoms with Gasteiger partial charge in [-0.25, -0.2) is 0 Å². The van der Waals surface area contributed by atoms with E-state index < -0.39 is 6.10 Å². The molecule has 0 spiro atoms. The Morgan fingerprint density at radius 3 is 2.80 bits per heavy atom. The molecule has 0 bridgehead atoms. The van der Waals surface area contributed by atoms with Gasteiger partial charge in [-0.3, -0.25) is 9.59 Å². The summed E-state index contributed by atoms with van der Waals surface area (Å²) in [5.41, 5.74) is 0.752. The first-order valence-corrected chi connectivity index (χ1v) is 6.79. The van der Waals surface area contributed by atoms with E-state index in [0.717, 1.165) is 5.69 Å². The van der Waals surface area contributed by atoms with Crippen LogP contribution in [0.2, 0.25) is 0 Å². The van der Waals surface area contributed by atoms with Gasteiger partial charge in [0.15, 0.2) is 6.10 Å². The molecule has 0 aliphatic carbocycles. The Kier molecular flexibility index (Phi) is 4.27. The van der Waals surface area contributed by atoms with Gasteiger partial charge < -0.3 is 15.0 Å². The standard InChI is InChI=1S/C15H20N2O3/c1-10(2)8-14(18)16-9-13-15(19)17(3)11-6-4-5-7-12(11)20-13/h4-7,10,13H,8-9H2,1-3H3,(H,16,18). The summed E-state index contributed by atoms with van der Waals surface area (Å²) >= 11 is 0. The highest BCUT2D eigenvalue weighted by atomic mass is 16.5. The van der Waals surface area contributed by atoms with Gasteiger partial charge in [0.1, 0.15) is 5.75 Å².